The molecule has 0 fully saturated rings. The van der Waals surface area contributed by atoms with Crippen LogP contribution in [0.15, 0.2) is 41.3 Å². The predicted octanol–water partition coefficient (Wildman–Crippen LogP) is 4.09. The van der Waals surface area contributed by atoms with Crippen LogP contribution in [0.25, 0.3) is 0 Å². The number of carbonyl (C=O) groups excluding carboxylic acids is 1. The highest BCUT2D eigenvalue weighted by Crippen LogP contribution is 2.19. The van der Waals surface area contributed by atoms with Crippen LogP contribution in [0.2, 0.25) is 5.02 Å². The molecule has 0 heterocycles. The third kappa shape index (κ3) is 3.77. The minimum atomic E-state index is -1.55. The lowest BCUT2D eigenvalue weighted by Gasteiger charge is -2.06. The monoisotopic (exact) mass is 324 g/mol. The van der Waals surface area contributed by atoms with E-state index in [-0.39, 0.29) is 16.6 Å². The Hall–Kier alpha value is -1.52. The second-order valence-electron chi connectivity index (χ2n) is 4.79. The van der Waals surface area contributed by atoms with Crippen LogP contribution in [-0.2, 0) is 10.8 Å². The van der Waals surface area contributed by atoms with Crippen LogP contribution in [0.4, 0.5) is 4.39 Å². The zero-order valence-electron chi connectivity index (χ0n) is 11.7. The minimum absolute atomic E-state index is 0.0977. The molecule has 2 rings (SSSR count). The molecule has 1 unspecified atom stereocenters. The summed E-state index contributed by atoms with van der Waals surface area (Å²) < 4.78 is 25.2. The number of halogens is 2. The summed E-state index contributed by atoms with van der Waals surface area (Å²) in [5, 5.41) is -0.0977. The fourth-order valence-electron chi connectivity index (χ4n) is 1.82. The van der Waals surface area contributed by atoms with E-state index in [4.69, 9.17) is 11.6 Å². The maximum Gasteiger partial charge on any atom is 0.175 e. The average molecular weight is 325 g/mol. The molecule has 21 heavy (non-hydrogen) atoms. The molecule has 0 aliphatic carbocycles. The van der Waals surface area contributed by atoms with Crippen molar-refractivity contribution in [2.75, 3.05) is 5.75 Å². The molecule has 0 aliphatic heterocycles. The molecule has 0 saturated heterocycles. The van der Waals surface area contributed by atoms with Crippen LogP contribution in [0.3, 0.4) is 0 Å². The largest absolute Gasteiger partial charge is 0.293 e. The molecule has 2 nitrogen and oxygen atoms in total. The number of ketones is 1. The van der Waals surface area contributed by atoms with Gasteiger partial charge in [0.05, 0.1) is 21.6 Å². The van der Waals surface area contributed by atoms with E-state index in [1.54, 1.807) is 12.1 Å². The Bertz CT molecular complexity index is 667. The molecule has 0 amide bonds. The first kappa shape index (κ1) is 15.9. The third-order valence-corrected chi connectivity index (χ3v) is 4.84. The van der Waals surface area contributed by atoms with Gasteiger partial charge < -0.3 is 0 Å². The number of benzene rings is 2. The summed E-state index contributed by atoms with van der Waals surface area (Å²) in [6, 6.07) is 9.19. The van der Waals surface area contributed by atoms with E-state index in [2.05, 4.69) is 0 Å². The number of aryl methyl sites for hydroxylation is 2. The van der Waals surface area contributed by atoms with Crippen LogP contribution in [-0.4, -0.2) is 15.7 Å². The molecular weight excluding hydrogens is 311 g/mol. The Morgan fingerprint density at radius 2 is 1.86 bits per heavy atom. The van der Waals surface area contributed by atoms with Crippen LogP contribution in [0.1, 0.15) is 21.5 Å². The zero-order chi connectivity index (χ0) is 15.6. The molecule has 0 bridgehead atoms. The van der Waals surface area contributed by atoms with Gasteiger partial charge in [-0.15, -0.1) is 0 Å². The smallest absolute Gasteiger partial charge is 0.175 e. The topological polar surface area (TPSA) is 34.1 Å². The van der Waals surface area contributed by atoms with Crippen LogP contribution < -0.4 is 0 Å². The first-order chi connectivity index (χ1) is 9.88. The Morgan fingerprint density at radius 3 is 2.48 bits per heavy atom. The van der Waals surface area contributed by atoms with Gasteiger partial charge in [0.15, 0.2) is 5.78 Å². The van der Waals surface area contributed by atoms with Crippen molar-refractivity contribution in [1.82, 2.24) is 0 Å². The fourth-order valence-corrected chi connectivity index (χ4v) is 3.10. The summed E-state index contributed by atoms with van der Waals surface area (Å²) in [7, 11) is -1.55. The summed E-state index contributed by atoms with van der Waals surface area (Å²) in [4.78, 5) is 12.5. The normalized spacial score (nSPS) is 12.2. The number of rotatable bonds is 4. The molecule has 0 aromatic heterocycles. The molecule has 2 aromatic rings. The Morgan fingerprint density at radius 1 is 1.14 bits per heavy atom. The summed E-state index contributed by atoms with van der Waals surface area (Å²) in [5.74, 6) is -0.931. The first-order valence-electron chi connectivity index (χ1n) is 6.32. The SMILES string of the molecule is Cc1ccc(C(=O)CS(=O)c2ccc(F)c(Cl)c2)cc1C. The van der Waals surface area contributed by atoms with Crippen molar-refractivity contribution in [3.8, 4) is 0 Å². The van der Waals surface area contributed by atoms with Crippen LogP contribution in [0, 0.1) is 19.7 Å². The zero-order valence-corrected chi connectivity index (χ0v) is 13.2. The molecule has 0 aliphatic rings. The van der Waals surface area contributed by atoms with Crippen molar-refractivity contribution in [3.05, 3.63) is 63.9 Å². The van der Waals surface area contributed by atoms with Gasteiger partial charge in [-0.05, 0) is 49.2 Å². The lowest BCUT2D eigenvalue weighted by Crippen LogP contribution is -2.11. The summed E-state index contributed by atoms with van der Waals surface area (Å²) in [6.07, 6.45) is 0. The molecule has 0 saturated carbocycles. The van der Waals surface area contributed by atoms with Crippen molar-refractivity contribution in [1.29, 1.82) is 0 Å². The average Bonchev–Trinajstić information content (AvgIpc) is 2.44. The van der Waals surface area contributed by atoms with Gasteiger partial charge in [-0.3, -0.25) is 9.00 Å². The molecule has 0 radical (unpaired) electrons. The first-order valence-corrected chi connectivity index (χ1v) is 8.02. The second-order valence-corrected chi connectivity index (χ2v) is 6.65. The summed E-state index contributed by atoms with van der Waals surface area (Å²) in [5.41, 5.74) is 2.63. The van der Waals surface area contributed by atoms with E-state index in [0.717, 1.165) is 17.2 Å². The predicted molar refractivity (Wildman–Crippen MR) is 82.9 cm³/mol. The number of hydrogen-bond acceptors (Lipinski definition) is 2. The minimum Gasteiger partial charge on any atom is -0.293 e. The quantitative estimate of drug-likeness (QED) is 0.794. The fraction of sp³-hybridized carbons (Fsp3) is 0.188. The van der Waals surface area contributed by atoms with E-state index in [9.17, 15) is 13.4 Å². The Labute approximate surface area is 130 Å². The summed E-state index contributed by atoms with van der Waals surface area (Å²) in [6.45, 7) is 3.88. The number of Topliss-reactive ketones (excluding diaryl/α,β-unsaturated/α-hetero) is 1. The highest BCUT2D eigenvalue weighted by molar-refractivity contribution is 7.85. The molecule has 2 aromatic carbocycles. The van der Waals surface area contributed by atoms with Crippen molar-refractivity contribution >= 4 is 28.2 Å². The highest BCUT2D eigenvalue weighted by Gasteiger charge is 2.14. The van der Waals surface area contributed by atoms with Crippen LogP contribution in [0.5, 0.6) is 0 Å². The van der Waals surface area contributed by atoms with Crippen molar-refractivity contribution in [2.24, 2.45) is 0 Å². The molecule has 0 N–H and O–H groups in total. The lowest BCUT2D eigenvalue weighted by molar-refractivity contribution is 0.102. The molecule has 110 valence electrons. The van der Waals surface area contributed by atoms with Gasteiger partial charge in [-0.25, -0.2) is 4.39 Å². The van der Waals surface area contributed by atoms with Gasteiger partial charge >= 0.3 is 0 Å². The molecule has 1 atom stereocenters. The van der Waals surface area contributed by atoms with Gasteiger partial charge in [0.25, 0.3) is 0 Å². The van der Waals surface area contributed by atoms with Crippen molar-refractivity contribution in [3.63, 3.8) is 0 Å². The lowest BCUT2D eigenvalue weighted by atomic mass is 10.0. The van der Waals surface area contributed by atoms with Crippen LogP contribution >= 0.6 is 11.6 Å². The van der Waals surface area contributed by atoms with Gasteiger partial charge in [0.2, 0.25) is 0 Å². The van der Waals surface area contributed by atoms with E-state index in [1.165, 1.54) is 12.1 Å². The van der Waals surface area contributed by atoms with Crippen molar-refractivity contribution in [2.45, 2.75) is 18.7 Å². The van der Waals surface area contributed by atoms with E-state index >= 15 is 0 Å². The molecule has 0 spiro atoms. The van der Waals surface area contributed by atoms with Gasteiger partial charge in [0, 0.05) is 10.5 Å². The highest BCUT2D eigenvalue weighted by atomic mass is 35.5. The van der Waals surface area contributed by atoms with Crippen molar-refractivity contribution < 1.29 is 13.4 Å². The summed E-state index contributed by atoms with van der Waals surface area (Å²) >= 11 is 5.66. The second kappa shape index (κ2) is 6.50. The van der Waals surface area contributed by atoms with Gasteiger partial charge in [-0.1, -0.05) is 23.7 Å². The van der Waals surface area contributed by atoms with E-state index < -0.39 is 16.6 Å². The van der Waals surface area contributed by atoms with E-state index in [0.29, 0.717) is 10.5 Å². The standard InChI is InChI=1S/C16H14ClFO2S/c1-10-3-4-12(7-11(10)2)16(19)9-21(20)13-5-6-15(18)14(17)8-13/h3-8H,9H2,1-2H3. The van der Waals surface area contributed by atoms with Gasteiger partial charge in [-0.2, -0.15) is 0 Å². The number of hydrogen-bond donors (Lipinski definition) is 0. The third-order valence-electron chi connectivity index (χ3n) is 3.25. The molecular formula is C16H14ClFO2S. The number of carbonyl (C=O) groups is 1. The maximum atomic E-state index is 13.1. The van der Waals surface area contributed by atoms with Gasteiger partial charge in [0.1, 0.15) is 5.82 Å². The maximum absolute atomic E-state index is 13.1. The Balaban J connectivity index is 2.16. The molecule has 5 heteroatoms. The van der Waals surface area contributed by atoms with E-state index in [1.807, 2.05) is 19.9 Å². The Kier molecular flexibility index (Phi) is 4.91.